The van der Waals surface area contributed by atoms with Crippen molar-refractivity contribution in [1.29, 1.82) is 0 Å². The molecule has 0 bridgehead atoms. The highest BCUT2D eigenvalue weighted by atomic mass is 32.3. The lowest BCUT2D eigenvalue weighted by atomic mass is 10.2. The van der Waals surface area contributed by atoms with Crippen molar-refractivity contribution in [1.82, 2.24) is 0 Å². The van der Waals surface area contributed by atoms with Crippen molar-refractivity contribution in [2.45, 2.75) is 29.8 Å². The van der Waals surface area contributed by atoms with Gasteiger partial charge in [0.25, 0.3) is 0 Å². The van der Waals surface area contributed by atoms with E-state index >= 15 is 0 Å². The van der Waals surface area contributed by atoms with Crippen LogP contribution in [0.5, 0.6) is 0 Å². The van der Waals surface area contributed by atoms with Gasteiger partial charge in [-0.15, -0.1) is 3.89 Å². The Morgan fingerprint density at radius 3 is 1.56 bits per heavy atom. The number of halogens is 13. The van der Waals surface area contributed by atoms with Crippen molar-refractivity contribution in [3.05, 3.63) is 12.1 Å². The number of alkyl halides is 9. The molecule has 0 saturated heterocycles. The van der Waals surface area contributed by atoms with Gasteiger partial charge in [0.2, 0.25) is 0 Å². The first-order valence-electron chi connectivity index (χ1n) is 4.88. The standard InChI is InChI=1S/C7HF13O4S/c8-1(9)2(10)23-7(18,19)5(14,6(15,16)17)24-4(12,13)3(11)25(20,21)22/h3H. The van der Waals surface area contributed by atoms with Gasteiger partial charge >= 0.3 is 52.1 Å². The van der Waals surface area contributed by atoms with E-state index in [1.807, 2.05) is 4.74 Å². The minimum absolute atomic E-state index is 1.70. The Kier molecular flexibility index (Phi) is 6.30. The average molecular weight is 428 g/mol. The molecule has 0 rings (SSSR count). The van der Waals surface area contributed by atoms with Gasteiger partial charge in [-0.3, -0.25) is 4.74 Å². The molecule has 0 spiro atoms. The number of hydrogen-bond donors (Lipinski definition) is 0. The first kappa shape index (κ1) is 23.5. The Bertz CT molecular complexity index is 621. The van der Waals surface area contributed by atoms with Crippen molar-refractivity contribution in [3.8, 4) is 0 Å². The molecule has 0 saturated carbocycles. The van der Waals surface area contributed by atoms with Crippen molar-refractivity contribution in [2.75, 3.05) is 0 Å². The number of rotatable bonds is 7. The average Bonchev–Trinajstić information content (AvgIpc) is 2.33. The molecule has 18 heteroatoms. The summed E-state index contributed by atoms with van der Waals surface area (Å²) in [5, 5.41) is 0. The third-order valence-corrected chi connectivity index (χ3v) is 2.66. The predicted molar refractivity (Wildman–Crippen MR) is 47.2 cm³/mol. The van der Waals surface area contributed by atoms with E-state index in [-0.39, 0.29) is 0 Å². The highest BCUT2D eigenvalue weighted by molar-refractivity contribution is 7.86. The van der Waals surface area contributed by atoms with E-state index in [1.165, 1.54) is 0 Å². The van der Waals surface area contributed by atoms with E-state index in [0.717, 1.165) is 0 Å². The zero-order valence-corrected chi connectivity index (χ0v) is 11.3. The summed E-state index contributed by atoms with van der Waals surface area (Å²) in [7, 11) is -7.13. The van der Waals surface area contributed by atoms with Gasteiger partial charge in [-0.2, -0.15) is 56.7 Å². The van der Waals surface area contributed by atoms with Crippen LogP contribution in [-0.2, 0) is 19.7 Å². The maximum absolute atomic E-state index is 13.3. The lowest BCUT2D eigenvalue weighted by molar-refractivity contribution is -0.500. The molecule has 0 aliphatic carbocycles. The first-order chi connectivity index (χ1) is 10.7. The molecule has 4 nitrogen and oxygen atoms in total. The fraction of sp³-hybridized carbons (Fsp3) is 0.714. The summed E-state index contributed by atoms with van der Waals surface area (Å²) in [6, 6.07) is -3.88. The summed E-state index contributed by atoms with van der Waals surface area (Å²) in [6.45, 7) is 0. The summed E-state index contributed by atoms with van der Waals surface area (Å²) in [4.78, 5) is 0. The highest BCUT2D eigenvalue weighted by Crippen LogP contribution is 2.51. The summed E-state index contributed by atoms with van der Waals surface area (Å²) in [5.74, 6) is -7.30. The second-order valence-electron chi connectivity index (χ2n) is 3.70. The van der Waals surface area contributed by atoms with Crippen LogP contribution in [-0.4, -0.2) is 38.2 Å². The van der Waals surface area contributed by atoms with Crippen LogP contribution in [0.3, 0.4) is 0 Å². The van der Waals surface area contributed by atoms with Crippen LogP contribution in [0.4, 0.5) is 56.6 Å². The number of hydrogen-bond acceptors (Lipinski definition) is 4. The third-order valence-electron chi connectivity index (χ3n) is 1.89. The Morgan fingerprint density at radius 1 is 0.880 bits per heavy atom. The van der Waals surface area contributed by atoms with Crippen LogP contribution < -0.4 is 0 Å². The normalized spacial score (nSPS) is 17.6. The van der Waals surface area contributed by atoms with Crippen molar-refractivity contribution >= 4 is 10.2 Å². The Labute approximate surface area is 128 Å². The molecule has 0 aromatic carbocycles. The monoisotopic (exact) mass is 428 g/mol. The molecule has 0 radical (unpaired) electrons. The van der Waals surface area contributed by atoms with Gasteiger partial charge in [0.15, 0.2) is 0 Å². The Hall–Kier alpha value is -1.46. The smallest absolute Gasteiger partial charge is 0.398 e. The molecule has 25 heavy (non-hydrogen) atoms. The Morgan fingerprint density at radius 2 is 1.28 bits per heavy atom. The molecule has 0 aliphatic rings. The molecule has 0 aromatic rings. The van der Waals surface area contributed by atoms with Gasteiger partial charge in [-0.05, 0) is 0 Å². The van der Waals surface area contributed by atoms with Gasteiger partial charge in [0, 0.05) is 0 Å². The molecule has 150 valence electrons. The maximum atomic E-state index is 13.3. The van der Waals surface area contributed by atoms with Gasteiger partial charge in [-0.1, -0.05) is 0 Å². The van der Waals surface area contributed by atoms with Gasteiger partial charge < -0.3 is 4.74 Å². The zero-order chi connectivity index (χ0) is 20.6. The summed E-state index contributed by atoms with van der Waals surface area (Å²) < 4.78 is 184. The van der Waals surface area contributed by atoms with E-state index in [1.54, 1.807) is 4.74 Å². The van der Waals surface area contributed by atoms with E-state index in [4.69, 9.17) is 0 Å². The molecular weight excluding hydrogens is 427 g/mol. The van der Waals surface area contributed by atoms with E-state index < -0.39 is 52.1 Å². The largest absolute Gasteiger partial charge is 0.471 e. The van der Waals surface area contributed by atoms with Crippen LogP contribution in [0, 0.1) is 0 Å². The molecular formula is C7HF13O4S. The summed E-state index contributed by atoms with van der Waals surface area (Å²) in [5.41, 5.74) is -5.45. The minimum Gasteiger partial charge on any atom is -0.398 e. The van der Waals surface area contributed by atoms with Crippen LogP contribution in [0.2, 0.25) is 0 Å². The van der Waals surface area contributed by atoms with Crippen LogP contribution in [0.15, 0.2) is 12.1 Å². The lowest BCUT2D eigenvalue weighted by Gasteiger charge is -2.35. The van der Waals surface area contributed by atoms with Crippen LogP contribution >= 0.6 is 0 Å². The molecule has 0 aliphatic heterocycles. The fourth-order valence-corrected chi connectivity index (χ4v) is 1.27. The van der Waals surface area contributed by atoms with Crippen molar-refractivity contribution < 1.29 is 74.5 Å². The van der Waals surface area contributed by atoms with Gasteiger partial charge in [0.05, 0.1) is 0 Å². The van der Waals surface area contributed by atoms with E-state index in [9.17, 15) is 65.0 Å². The van der Waals surface area contributed by atoms with Gasteiger partial charge in [0.1, 0.15) is 0 Å². The summed E-state index contributed by atoms with van der Waals surface area (Å²) in [6.07, 6.45) is -25.2. The van der Waals surface area contributed by atoms with Crippen molar-refractivity contribution in [3.63, 3.8) is 0 Å². The maximum Gasteiger partial charge on any atom is 0.471 e. The quantitative estimate of drug-likeness (QED) is 0.349. The van der Waals surface area contributed by atoms with E-state index in [0.29, 0.717) is 0 Å². The molecule has 2 unspecified atom stereocenters. The predicted octanol–water partition coefficient (Wildman–Crippen LogP) is 4.06. The van der Waals surface area contributed by atoms with E-state index in [2.05, 4.69) is 0 Å². The highest BCUT2D eigenvalue weighted by Gasteiger charge is 2.80. The summed E-state index contributed by atoms with van der Waals surface area (Å²) >= 11 is 0. The fourth-order valence-electron chi connectivity index (χ4n) is 0.897. The van der Waals surface area contributed by atoms with Gasteiger partial charge in [-0.25, -0.2) is 4.39 Å². The van der Waals surface area contributed by atoms with Crippen LogP contribution in [0.1, 0.15) is 0 Å². The molecule has 0 N–H and O–H groups in total. The SMILES string of the molecule is O=S(=O)(F)C(F)C(F)(F)OC(F)(C(F)(F)F)C(F)(F)OC(F)=C(F)F. The lowest BCUT2D eigenvalue weighted by Crippen LogP contribution is -2.62. The molecule has 0 amide bonds. The van der Waals surface area contributed by atoms with Crippen LogP contribution in [0.25, 0.3) is 0 Å². The molecule has 0 fully saturated rings. The molecule has 0 aromatic heterocycles. The number of ether oxygens (including phenoxy) is 2. The minimum atomic E-state index is -7.38. The zero-order valence-electron chi connectivity index (χ0n) is 10.5. The van der Waals surface area contributed by atoms with Crippen molar-refractivity contribution in [2.24, 2.45) is 0 Å². The first-order valence-corrected chi connectivity index (χ1v) is 6.32. The molecule has 2 atom stereocenters. The second kappa shape index (κ2) is 6.69. The second-order valence-corrected chi connectivity index (χ2v) is 5.07. The molecule has 0 heterocycles. The topological polar surface area (TPSA) is 52.6 Å². The Balaban J connectivity index is 6.15. The third kappa shape index (κ3) is 5.02.